The fraction of sp³-hybridized carbons (Fsp3) is 0.125. The van der Waals surface area contributed by atoms with Crippen LogP contribution >= 0.6 is 11.6 Å². The highest BCUT2D eigenvalue weighted by atomic mass is 35.5. The lowest BCUT2D eigenvalue weighted by atomic mass is 10.3. The topological polar surface area (TPSA) is 119 Å². The molecule has 1 aromatic carbocycles. The Morgan fingerprint density at radius 3 is 2.44 bits per heavy atom. The molecule has 0 atom stereocenters. The van der Waals surface area contributed by atoms with Gasteiger partial charge in [0.15, 0.2) is 11.0 Å². The summed E-state index contributed by atoms with van der Waals surface area (Å²) in [5.74, 6) is -0.224. The zero-order valence-electron chi connectivity index (χ0n) is 14.1. The van der Waals surface area contributed by atoms with Gasteiger partial charge in [0, 0.05) is 17.6 Å². The first-order valence-corrected chi connectivity index (χ1v) is 9.60. The molecule has 0 aliphatic heterocycles. The highest BCUT2D eigenvalue weighted by molar-refractivity contribution is 7.92. The molecule has 11 heteroatoms. The number of amides is 1. The Morgan fingerprint density at radius 2 is 1.85 bits per heavy atom. The van der Waals surface area contributed by atoms with E-state index < -0.39 is 10.0 Å². The van der Waals surface area contributed by atoms with E-state index in [2.05, 4.69) is 25.3 Å². The molecule has 0 spiro atoms. The van der Waals surface area contributed by atoms with Crippen molar-refractivity contribution in [3.63, 3.8) is 0 Å². The van der Waals surface area contributed by atoms with Crippen LogP contribution in [-0.2, 0) is 21.4 Å². The van der Waals surface area contributed by atoms with E-state index in [-0.39, 0.29) is 28.3 Å². The number of hydrogen-bond donors (Lipinski definition) is 2. The van der Waals surface area contributed by atoms with Crippen molar-refractivity contribution in [3.8, 4) is 0 Å². The third kappa shape index (κ3) is 4.80. The predicted octanol–water partition coefficient (Wildman–Crippen LogP) is 2.07. The summed E-state index contributed by atoms with van der Waals surface area (Å²) in [6.07, 6.45) is 1.61. The summed E-state index contributed by atoms with van der Waals surface area (Å²) in [6, 6.07) is 10.4. The molecule has 3 aromatic rings. The second-order valence-electron chi connectivity index (χ2n) is 5.55. The maximum atomic E-state index is 12.4. The summed E-state index contributed by atoms with van der Waals surface area (Å²) in [5.41, 5.74) is 1.33. The molecule has 9 nitrogen and oxygen atoms in total. The molecule has 0 fully saturated rings. The van der Waals surface area contributed by atoms with Gasteiger partial charge >= 0.3 is 0 Å². The van der Waals surface area contributed by atoms with E-state index in [9.17, 15) is 13.2 Å². The number of sulfonamides is 1. The number of nitrogens with one attached hydrogen (secondary N) is 2. The van der Waals surface area contributed by atoms with Crippen molar-refractivity contribution in [1.82, 2.24) is 20.0 Å². The number of halogens is 1. The normalized spacial score (nSPS) is 11.2. The van der Waals surface area contributed by atoms with Crippen LogP contribution in [0.1, 0.15) is 5.69 Å². The fourth-order valence-electron chi connectivity index (χ4n) is 2.19. The van der Waals surface area contributed by atoms with Crippen molar-refractivity contribution in [2.24, 2.45) is 0 Å². The van der Waals surface area contributed by atoms with E-state index in [0.29, 0.717) is 5.69 Å². The average molecular weight is 407 g/mol. The highest BCUT2D eigenvalue weighted by Gasteiger charge is 2.15. The maximum absolute atomic E-state index is 12.4. The molecule has 0 aliphatic rings. The number of nitrogens with zero attached hydrogens (tertiary/aromatic N) is 4. The van der Waals surface area contributed by atoms with Crippen LogP contribution in [0.2, 0.25) is 5.15 Å². The highest BCUT2D eigenvalue weighted by Crippen LogP contribution is 2.17. The van der Waals surface area contributed by atoms with Crippen LogP contribution in [0.15, 0.2) is 53.6 Å². The summed E-state index contributed by atoms with van der Waals surface area (Å²) in [5, 5.41) is 14.1. The second kappa shape index (κ2) is 7.72. The quantitative estimate of drug-likeness (QED) is 0.646. The monoisotopic (exact) mass is 406 g/mol. The molecule has 0 aliphatic carbocycles. The first-order chi connectivity index (χ1) is 12.8. The van der Waals surface area contributed by atoms with Crippen LogP contribution in [0.3, 0.4) is 0 Å². The van der Waals surface area contributed by atoms with E-state index in [4.69, 9.17) is 11.6 Å². The number of hydrogen-bond acceptors (Lipinski definition) is 6. The fourth-order valence-corrected chi connectivity index (χ4v) is 3.28. The van der Waals surface area contributed by atoms with Gasteiger partial charge in [-0.3, -0.25) is 14.2 Å². The minimum Gasteiger partial charge on any atom is -0.324 e. The van der Waals surface area contributed by atoms with Crippen molar-refractivity contribution >= 4 is 39.0 Å². The number of carbonyl (C=O) groups is 1. The van der Waals surface area contributed by atoms with Crippen LogP contribution in [-0.4, -0.2) is 34.3 Å². The summed E-state index contributed by atoms with van der Waals surface area (Å²) in [7, 11) is -3.84. The van der Waals surface area contributed by atoms with Gasteiger partial charge in [0.25, 0.3) is 10.0 Å². The number of rotatable bonds is 6. The first-order valence-electron chi connectivity index (χ1n) is 7.74. The summed E-state index contributed by atoms with van der Waals surface area (Å²) in [6.45, 7) is 1.91. The zero-order valence-corrected chi connectivity index (χ0v) is 15.7. The lowest BCUT2D eigenvalue weighted by molar-refractivity contribution is -0.116. The van der Waals surface area contributed by atoms with Gasteiger partial charge in [-0.15, -0.1) is 10.2 Å². The molecule has 0 saturated heterocycles. The van der Waals surface area contributed by atoms with E-state index in [1.165, 1.54) is 36.4 Å². The smallest absolute Gasteiger partial charge is 0.263 e. The molecule has 2 N–H and O–H groups in total. The van der Waals surface area contributed by atoms with Crippen molar-refractivity contribution < 1.29 is 13.2 Å². The number of aromatic nitrogens is 4. The molecule has 0 unspecified atom stereocenters. The molecular formula is C16H15ClN6O3S. The lowest BCUT2D eigenvalue weighted by Gasteiger charge is -2.09. The number of benzene rings is 1. The van der Waals surface area contributed by atoms with E-state index in [1.807, 2.05) is 6.92 Å². The molecule has 2 aromatic heterocycles. The Balaban J connectivity index is 1.66. The number of aryl methyl sites for hydroxylation is 1. The molecular weight excluding hydrogens is 392 g/mol. The Bertz CT molecular complexity index is 1050. The lowest BCUT2D eigenvalue weighted by Crippen LogP contribution is -2.20. The molecule has 27 heavy (non-hydrogen) atoms. The SMILES string of the molecule is Cc1ccnn1CC(=O)Nc1ccc(S(=O)(=O)Nc2ccc(Cl)nn2)cc1. The second-order valence-corrected chi connectivity index (χ2v) is 7.62. The van der Waals surface area contributed by atoms with Crippen LogP contribution in [0.5, 0.6) is 0 Å². The van der Waals surface area contributed by atoms with Gasteiger partial charge in [0.1, 0.15) is 6.54 Å². The molecule has 0 saturated carbocycles. The Kier molecular flexibility index (Phi) is 5.38. The Morgan fingerprint density at radius 1 is 1.11 bits per heavy atom. The Labute approximate surface area is 160 Å². The van der Waals surface area contributed by atoms with E-state index in [0.717, 1.165) is 5.69 Å². The predicted molar refractivity (Wildman–Crippen MR) is 99.9 cm³/mol. The van der Waals surface area contributed by atoms with Gasteiger partial charge in [-0.25, -0.2) is 8.42 Å². The zero-order chi connectivity index (χ0) is 19.4. The number of anilines is 2. The molecule has 0 bridgehead atoms. The maximum Gasteiger partial charge on any atom is 0.263 e. The summed E-state index contributed by atoms with van der Waals surface area (Å²) in [4.78, 5) is 12.1. The van der Waals surface area contributed by atoms with Crippen molar-refractivity contribution in [1.29, 1.82) is 0 Å². The molecule has 140 valence electrons. The van der Waals surface area contributed by atoms with Gasteiger partial charge in [-0.1, -0.05) is 11.6 Å². The molecule has 0 radical (unpaired) electrons. The minimum atomic E-state index is -3.84. The first kappa shape index (κ1) is 18.8. The van der Waals surface area contributed by atoms with Crippen LogP contribution in [0, 0.1) is 6.92 Å². The van der Waals surface area contributed by atoms with Crippen molar-refractivity contribution in [3.05, 3.63) is 59.5 Å². The largest absolute Gasteiger partial charge is 0.324 e. The summed E-state index contributed by atoms with van der Waals surface area (Å²) < 4.78 is 28.6. The van der Waals surface area contributed by atoms with Crippen molar-refractivity contribution in [2.75, 3.05) is 10.0 Å². The average Bonchev–Trinajstić information content (AvgIpc) is 3.02. The van der Waals surface area contributed by atoms with Gasteiger partial charge in [-0.2, -0.15) is 5.10 Å². The summed E-state index contributed by atoms with van der Waals surface area (Å²) >= 11 is 5.62. The van der Waals surface area contributed by atoms with Crippen molar-refractivity contribution in [2.45, 2.75) is 18.4 Å². The third-order valence-electron chi connectivity index (χ3n) is 3.54. The van der Waals surface area contributed by atoms with Crippen LogP contribution in [0.25, 0.3) is 0 Å². The van der Waals surface area contributed by atoms with Crippen LogP contribution < -0.4 is 10.0 Å². The molecule has 2 heterocycles. The minimum absolute atomic E-state index is 0.0140. The standard InChI is InChI=1S/C16H15ClN6O3S/c1-11-8-9-18-23(11)10-16(24)19-12-2-4-13(5-3-12)27(25,26)22-15-7-6-14(17)20-21-15/h2-9H,10H2,1H3,(H,19,24)(H,21,22). The molecule has 3 rings (SSSR count). The van der Waals surface area contributed by atoms with Gasteiger partial charge in [0.2, 0.25) is 5.91 Å². The van der Waals surface area contributed by atoms with Crippen LogP contribution in [0.4, 0.5) is 11.5 Å². The molecule has 1 amide bonds. The van der Waals surface area contributed by atoms with Gasteiger partial charge in [-0.05, 0) is 49.4 Å². The van der Waals surface area contributed by atoms with Gasteiger partial charge in [0.05, 0.1) is 4.90 Å². The Hall–Kier alpha value is -2.98. The van der Waals surface area contributed by atoms with E-state index >= 15 is 0 Å². The number of carbonyl (C=O) groups excluding carboxylic acids is 1. The van der Waals surface area contributed by atoms with E-state index in [1.54, 1.807) is 16.9 Å². The third-order valence-corrected chi connectivity index (χ3v) is 5.11. The van der Waals surface area contributed by atoms with Gasteiger partial charge < -0.3 is 5.32 Å².